The van der Waals surface area contributed by atoms with Crippen LogP contribution in [-0.2, 0) is 22.0 Å². The molecule has 0 aliphatic carbocycles. The first-order chi connectivity index (χ1) is 14.1. The zero-order valence-corrected chi connectivity index (χ0v) is 18.4. The van der Waals surface area contributed by atoms with Gasteiger partial charge in [0.15, 0.2) is 0 Å². The third-order valence-electron chi connectivity index (χ3n) is 5.15. The Morgan fingerprint density at radius 3 is 2.57 bits per heavy atom. The number of sulfonamides is 1. The summed E-state index contributed by atoms with van der Waals surface area (Å²) in [7, 11) is -3.95. The molecule has 0 amide bonds. The number of hydrogen-bond donors (Lipinski definition) is 2. The number of aryl methyl sites for hydroxylation is 2. The van der Waals surface area contributed by atoms with Gasteiger partial charge in [0.1, 0.15) is 16.2 Å². The minimum absolute atomic E-state index is 0.0447. The van der Waals surface area contributed by atoms with Gasteiger partial charge in [0.25, 0.3) is 10.0 Å². The third-order valence-corrected chi connectivity index (χ3v) is 8.04. The van der Waals surface area contributed by atoms with E-state index in [2.05, 4.69) is 4.72 Å². The predicted octanol–water partition coefficient (Wildman–Crippen LogP) is 4.71. The Morgan fingerprint density at radius 2 is 1.90 bits per heavy atom. The van der Waals surface area contributed by atoms with Gasteiger partial charge >= 0.3 is 5.97 Å². The lowest BCUT2D eigenvalue weighted by atomic mass is 9.97. The van der Waals surface area contributed by atoms with Gasteiger partial charge in [-0.05, 0) is 50.1 Å². The van der Waals surface area contributed by atoms with Crippen LogP contribution in [0.15, 0.2) is 53.4 Å². The lowest BCUT2D eigenvalue weighted by Gasteiger charge is -2.22. The number of carboxylic acids is 1. The molecule has 156 valence electrons. The molecule has 2 aromatic carbocycles. The number of nitrogens with one attached hydrogen (secondary N) is 1. The Bertz CT molecular complexity index is 1240. The van der Waals surface area contributed by atoms with E-state index in [-0.39, 0.29) is 15.5 Å². The van der Waals surface area contributed by atoms with E-state index in [0.717, 1.165) is 28.2 Å². The van der Waals surface area contributed by atoms with Crippen molar-refractivity contribution in [3.05, 3.63) is 75.0 Å². The SMILES string of the molecule is Cc1ccc(S(=O)(=O)Nc2cc(C3(C)Cc4ccccc4O3)sc2C(=O)O)c(C)c1. The van der Waals surface area contributed by atoms with Gasteiger partial charge in [-0.2, -0.15) is 0 Å². The number of anilines is 1. The van der Waals surface area contributed by atoms with Crippen LogP contribution in [0.5, 0.6) is 5.75 Å². The van der Waals surface area contributed by atoms with Crippen LogP contribution in [0.25, 0.3) is 0 Å². The van der Waals surface area contributed by atoms with Crippen molar-refractivity contribution in [2.24, 2.45) is 0 Å². The number of fused-ring (bicyclic) bond motifs is 1. The number of carboxylic acid groups (broad SMARTS) is 1. The van der Waals surface area contributed by atoms with Gasteiger partial charge in [-0.15, -0.1) is 11.3 Å². The van der Waals surface area contributed by atoms with Crippen LogP contribution in [0.1, 0.15) is 38.2 Å². The summed E-state index contributed by atoms with van der Waals surface area (Å²) in [6.45, 7) is 5.47. The van der Waals surface area contributed by atoms with Crippen LogP contribution in [0.4, 0.5) is 5.69 Å². The molecule has 2 heterocycles. The predicted molar refractivity (Wildman–Crippen MR) is 116 cm³/mol. The number of thiophene rings is 1. The van der Waals surface area contributed by atoms with Crippen molar-refractivity contribution in [3.8, 4) is 5.75 Å². The molecule has 0 saturated heterocycles. The third kappa shape index (κ3) is 3.57. The molecule has 0 fully saturated rings. The van der Waals surface area contributed by atoms with Gasteiger partial charge in [0, 0.05) is 6.42 Å². The van der Waals surface area contributed by atoms with E-state index in [1.807, 2.05) is 38.1 Å². The summed E-state index contributed by atoms with van der Waals surface area (Å²) in [5, 5.41) is 9.67. The second-order valence-corrected chi connectivity index (χ2v) is 10.4. The molecular formula is C22H21NO5S2. The summed E-state index contributed by atoms with van der Waals surface area (Å²) in [4.78, 5) is 12.5. The smallest absolute Gasteiger partial charge is 0.348 e. The number of hydrogen-bond acceptors (Lipinski definition) is 5. The fraction of sp³-hybridized carbons (Fsp3) is 0.227. The molecule has 1 aliphatic heterocycles. The van der Waals surface area contributed by atoms with Crippen LogP contribution < -0.4 is 9.46 Å². The van der Waals surface area contributed by atoms with Gasteiger partial charge in [-0.25, -0.2) is 13.2 Å². The second-order valence-electron chi connectivity index (χ2n) is 7.65. The monoisotopic (exact) mass is 443 g/mol. The van der Waals surface area contributed by atoms with E-state index in [0.29, 0.717) is 16.9 Å². The number of rotatable bonds is 5. The largest absolute Gasteiger partial charge is 0.481 e. The van der Waals surface area contributed by atoms with Crippen LogP contribution in [0.3, 0.4) is 0 Å². The minimum Gasteiger partial charge on any atom is -0.481 e. The first-order valence-electron chi connectivity index (χ1n) is 9.34. The maximum atomic E-state index is 13.0. The first kappa shape index (κ1) is 20.4. The summed E-state index contributed by atoms with van der Waals surface area (Å²) >= 11 is 1.03. The van der Waals surface area contributed by atoms with E-state index < -0.39 is 21.6 Å². The van der Waals surface area contributed by atoms with E-state index in [1.54, 1.807) is 25.1 Å². The molecule has 0 spiro atoms. The second kappa shape index (κ2) is 7.14. The quantitative estimate of drug-likeness (QED) is 0.596. The standard InChI is InChI=1S/C22H21NO5S2/c1-13-8-9-18(14(2)10-13)30(26,27)23-16-11-19(29-20(16)21(24)25)22(3)12-15-6-4-5-7-17(15)28-22/h4-11,23H,12H2,1-3H3,(H,24,25). The Morgan fingerprint density at radius 1 is 1.17 bits per heavy atom. The van der Waals surface area contributed by atoms with Crippen LogP contribution in [0, 0.1) is 13.8 Å². The highest BCUT2D eigenvalue weighted by atomic mass is 32.2. The zero-order valence-electron chi connectivity index (χ0n) is 16.7. The Balaban J connectivity index is 1.71. The molecule has 6 nitrogen and oxygen atoms in total. The maximum absolute atomic E-state index is 13.0. The van der Waals surface area contributed by atoms with Gasteiger partial charge in [-0.3, -0.25) is 4.72 Å². The lowest BCUT2D eigenvalue weighted by Crippen LogP contribution is -2.25. The van der Waals surface area contributed by atoms with E-state index in [4.69, 9.17) is 4.74 Å². The molecule has 1 atom stereocenters. The Labute approximate surface area is 179 Å². The number of benzene rings is 2. The lowest BCUT2D eigenvalue weighted by molar-refractivity contribution is 0.0703. The molecule has 30 heavy (non-hydrogen) atoms. The van der Waals surface area contributed by atoms with Crippen molar-refractivity contribution < 1.29 is 23.1 Å². The van der Waals surface area contributed by atoms with Crippen LogP contribution in [0.2, 0.25) is 0 Å². The first-order valence-corrected chi connectivity index (χ1v) is 11.6. The highest BCUT2D eigenvalue weighted by Gasteiger charge is 2.39. The molecule has 1 aliphatic rings. The van der Waals surface area contributed by atoms with Crippen LogP contribution >= 0.6 is 11.3 Å². The fourth-order valence-corrected chi connectivity index (χ4v) is 6.10. The van der Waals surface area contributed by atoms with Gasteiger partial charge in [-0.1, -0.05) is 35.9 Å². The summed E-state index contributed by atoms with van der Waals surface area (Å²) in [6, 6.07) is 14.2. The molecule has 2 N–H and O–H groups in total. The highest BCUT2D eigenvalue weighted by molar-refractivity contribution is 7.92. The maximum Gasteiger partial charge on any atom is 0.348 e. The van der Waals surface area contributed by atoms with Crippen molar-refractivity contribution in [1.29, 1.82) is 0 Å². The molecule has 1 unspecified atom stereocenters. The molecule has 3 aromatic rings. The number of para-hydroxylation sites is 1. The van der Waals surface area contributed by atoms with Crippen LogP contribution in [-0.4, -0.2) is 19.5 Å². The number of carbonyl (C=O) groups is 1. The molecule has 0 bridgehead atoms. The summed E-state index contributed by atoms with van der Waals surface area (Å²) in [6.07, 6.45) is 0.575. The number of aromatic carboxylic acids is 1. The topological polar surface area (TPSA) is 92.7 Å². The minimum atomic E-state index is -3.95. The molecule has 8 heteroatoms. The van der Waals surface area contributed by atoms with Crippen molar-refractivity contribution in [2.75, 3.05) is 4.72 Å². The molecule has 1 aromatic heterocycles. The average Bonchev–Trinajstić information content (AvgIpc) is 3.22. The zero-order chi connectivity index (χ0) is 21.7. The Kier molecular flexibility index (Phi) is 4.86. The number of ether oxygens (including phenoxy) is 1. The van der Waals surface area contributed by atoms with Gasteiger partial charge in [0.2, 0.25) is 0 Å². The summed E-state index contributed by atoms with van der Waals surface area (Å²) in [5.41, 5.74) is 1.85. The van der Waals surface area contributed by atoms with Crippen molar-refractivity contribution in [2.45, 2.75) is 37.7 Å². The molecule has 4 rings (SSSR count). The Hall–Kier alpha value is -2.84. The van der Waals surface area contributed by atoms with Crippen molar-refractivity contribution >= 4 is 33.0 Å². The van der Waals surface area contributed by atoms with E-state index in [9.17, 15) is 18.3 Å². The average molecular weight is 444 g/mol. The van der Waals surface area contributed by atoms with Crippen molar-refractivity contribution in [1.82, 2.24) is 0 Å². The molecule has 0 radical (unpaired) electrons. The summed E-state index contributed by atoms with van der Waals surface area (Å²) < 4.78 is 34.5. The van der Waals surface area contributed by atoms with Gasteiger partial charge in [0.05, 0.1) is 15.5 Å². The van der Waals surface area contributed by atoms with E-state index in [1.165, 1.54) is 6.07 Å². The summed E-state index contributed by atoms with van der Waals surface area (Å²) in [5.74, 6) is -0.439. The highest BCUT2D eigenvalue weighted by Crippen LogP contribution is 2.45. The van der Waals surface area contributed by atoms with Crippen molar-refractivity contribution in [3.63, 3.8) is 0 Å². The van der Waals surface area contributed by atoms with E-state index >= 15 is 0 Å². The fourth-order valence-electron chi connectivity index (χ4n) is 3.72. The normalized spacial score (nSPS) is 18.0. The van der Waals surface area contributed by atoms with Gasteiger partial charge < -0.3 is 9.84 Å². The molecule has 0 saturated carbocycles. The molecular weight excluding hydrogens is 422 g/mol.